The lowest BCUT2D eigenvalue weighted by atomic mass is 10.1. The molecular weight excluding hydrogens is 192 g/mol. The maximum atomic E-state index is 11.8. The van der Waals surface area contributed by atoms with Crippen molar-refractivity contribution in [3.05, 3.63) is 35.9 Å². The number of hydrogen-bond donors (Lipinski definition) is 2. The molecule has 1 aromatic carbocycles. The number of nitrogens with zero attached hydrogens (tertiary/aromatic N) is 1. The molecule has 15 heavy (non-hydrogen) atoms. The zero-order valence-corrected chi connectivity index (χ0v) is 8.13. The minimum atomic E-state index is -0.108. The van der Waals surface area contributed by atoms with Gasteiger partial charge in [0.05, 0.1) is 0 Å². The lowest BCUT2D eigenvalue weighted by Crippen LogP contribution is -2.17. The van der Waals surface area contributed by atoms with Crippen molar-refractivity contribution in [3.63, 3.8) is 0 Å². The van der Waals surface area contributed by atoms with E-state index >= 15 is 0 Å². The number of oxime groups is 1. The summed E-state index contributed by atoms with van der Waals surface area (Å²) >= 11 is 0. The molecule has 1 saturated carbocycles. The first-order chi connectivity index (χ1) is 7.24. The number of carbonyl (C=O) groups excluding carboxylic acids is 1. The number of rotatable bonds is 3. The van der Waals surface area contributed by atoms with Crippen molar-refractivity contribution in [1.82, 2.24) is 0 Å². The Morgan fingerprint density at radius 1 is 1.33 bits per heavy atom. The van der Waals surface area contributed by atoms with Gasteiger partial charge in [-0.2, -0.15) is 0 Å². The van der Waals surface area contributed by atoms with E-state index in [4.69, 9.17) is 10.9 Å². The van der Waals surface area contributed by atoms with Crippen LogP contribution in [0.15, 0.2) is 35.5 Å². The maximum absolute atomic E-state index is 11.8. The average molecular weight is 204 g/mol. The molecule has 2 rings (SSSR count). The molecule has 0 aliphatic heterocycles. The van der Waals surface area contributed by atoms with Gasteiger partial charge in [0, 0.05) is 17.4 Å². The van der Waals surface area contributed by atoms with Crippen LogP contribution in [0.3, 0.4) is 0 Å². The number of carbonyl (C=O) groups is 1. The van der Waals surface area contributed by atoms with E-state index < -0.39 is 0 Å². The van der Waals surface area contributed by atoms with Crippen LogP contribution in [0.25, 0.3) is 0 Å². The summed E-state index contributed by atoms with van der Waals surface area (Å²) < 4.78 is 0. The van der Waals surface area contributed by atoms with E-state index in [1.807, 2.05) is 18.2 Å². The predicted octanol–water partition coefficient (Wildman–Crippen LogP) is 1.25. The molecule has 1 aliphatic carbocycles. The van der Waals surface area contributed by atoms with Crippen LogP contribution < -0.4 is 5.73 Å². The van der Waals surface area contributed by atoms with Crippen LogP contribution >= 0.6 is 0 Å². The molecule has 0 heterocycles. The van der Waals surface area contributed by atoms with Gasteiger partial charge in [-0.3, -0.25) is 4.79 Å². The van der Waals surface area contributed by atoms with Gasteiger partial charge in [0.1, 0.15) is 5.84 Å². The predicted molar refractivity (Wildman–Crippen MR) is 55.8 cm³/mol. The minimum Gasteiger partial charge on any atom is -0.409 e. The smallest absolute Gasteiger partial charge is 0.166 e. The van der Waals surface area contributed by atoms with E-state index in [9.17, 15) is 4.79 Å². The monoisotopic (exact) mass is 204 g/mol. The molecule has 0 spiro atoms. The van der Waals surface area contributed by atoms with E-state index in [-0.39, 0.29) is 23.5 Å². The van der Waals surface area contributed by atoms with E-state index in [1.165, 1.54) is 0 Å². The van der Waals surface area contributed by atoms with E-state index in [0.29, 0.717) is 12.0 Å². The fourth-order valence-corrected chi connectivity index (χ4v) is 1.70. The van der Waals surface area contributed by atoms with Crippen LogP contribution in [-0.2, 0) is 0 Å². The molecule has 0 amide bonds. The second-order valence-electron chi connectivity index (χ2n) is 3.70. The number of benzene rings is 1. The summed E-state index contributed by atoms with van der Waals surface area (Å²) in [6, 6.07) is 9.08. The van der Waals surface area contributed by atoms with Crippen molar-refractivity contribution in [2.75, 3.05) is 0 Å². The van der Waals surface area contributed by atoms with Crippen molar-refractivity contribution < 1.29 is 10.0 Å². The Morgan fingerprint density at radius 3 is 2.60 bits per heavy atom. The first kappa shape index (κ1) is 9.71. The molecule has 4 nitrogen and oxygen atoms in total. The second-order valence-corrected chi connectivity index (χ2v) is 3.70. The Labute approximate surface area is 87.4 Å². The maximum Gasteiger partial charge on any atom is 0.166 e. The van der Waals surface area contributed by atoms with Crippen molar-refractivity contribution in [3.8, 4) is 0 Å². The van der Waals surface area contributed by atoms with Gasteiger partial charge in [0.25, 0.3) is 0 Å². The van der Waals surface area contributed by atoms with Crippen LogP contribution in [-0.4, -0.2) is 16.8 Å². The second kappa shape index (κ2) is 3.73. The summed E-state index contributed by atoms with van der Waals surface area (Å²) in [6.07, 6.45) is 0.684. The Kier molecular flexibility index (Phi) is 2.41. The van der Waals surface area contributed by atoms with Gasteiger partial charge in [-0.05, 0) is 6.42 Å². The number of ketones is 1. The first-order valence-corrected chi connectivity index (χ1v) is 4.80. The van der Waals surface area contributed by atoms with Gasteiger partial charge < -0.3 is 10.9 Å². The molecule has 2 atom stereocenters. The van der Waals surface area contributed by atoms with Gasteiger partial charge in [-0.25, -0.2) is 0 Å². The fraction of sp³-hybridized carbons (Fsp3) is 0.273. The topological polar surface area (TPSA) is 75.7 Å². The van der Waals surface area contributed by atoms with E-state index in [2.05, 4.69) is 5.16 Å². The quantitative estimate of drug-likeness (QED) is 0.256. The Bertz CT molecular complexity index is 400. The van der Waals surface area contributed by atoms with Gasteiger partial charge in [-0.15, -0.1) is 0 Å². The molecule has 78 valence electrons. The number of amidine groups is 1. The molecule has 1 aromatic rings. The highest BCUT2D eigenvalue weighted by Gasteiger charge is 2.45. The lowest BCUT2D eigenvalue weighted by Gasteiger charge is -1.98. The minimum absolute atomic E-state index is 0.0761. The first-order valence-electron chi connectivity index (χ1n) is 4.80. The number of hydrogen-bond acceptors (Lipinski definition) is 3. The van der Waals surface area contributed by atoms with Gasteiger partial charge in [0.15, 0.2) is 5.78 Å². The highest BCUT2D eigenvalue weighted by atomic mass is 16.4. The molecule has 0 saturated heterocycles. The third-order valence-electron chi connectivity index (χ3n) is 2.68. The highest BCUT2D eigenvalue weighted by Crippen LogP contribution is 2.40. The largest absolute Gasteiger partial charge is 0.409 e. The SMILES string of the molecule is N/C(=N\O)[C@H]1C[C@@H]1C(=O)c1ccccc1. The number of nitrogens with two attached hydrogens (primary N) is 1. The summed E-state index contributed by atoms with van der Waals surface area (Å²) in [5.74, 6) is 0.0440. The Morgan fingerprint density at radius 2 is 2.00 bits per heavy atom. The van der Waals surface area contributed by atoms with Crippen molar-refractivity contribution in [1.29, 1.82) is 0 Å². The Hall–Kier alpha value is -1.84. The number of Topliss-reactive ketones (excluding diaryl/α,β-unsaturated/α-hetero) is 1. The third-order valence-corrected chi connectivity index (χ3v) is 2.68. The highest BCUT2D eigenvalue weighted by molar-refractivity contribution is 6.04. The molecule has 0 bridgehead atoms. The van der Waals surface area contributed by atoms with Crippen molar-refractivity contribution >= 4 is 11.6 Å². The summed E-state index contributed by atoms with van der Waals surface area (Å²) in [6.45, 7) is 0. The summed E-state index contributed by atoms with van der Waals surface area (Å²) in [5, 5.41) is 11.4. The van der Waals surface area contributed by atoms with Crippen LogP contribution in [0.5, 0.6) is 0 Å². The molecule has 4 heteroatoms. The van der Waals surface area contributed by atoms with Crippen molar-refractivity contribution in [2.24, 2.45) is 22.7 Å². The van der Waals surface area contributed by atoms with Crippen LogP contribution in [0.2, 0.25) is 0 Å². The zero-order valence-electron chi connectivity index (χ0n) is 8.13. The van der Waals surface area contributed by atoms with Gasteiger partial charge in [-0.1, -0.05) is 35.5 Å². The normalized spacial score (nSPS) is 24.9. The molecule has 0 unspecified atom stereocenters. The standard InChI is InChI=1S/C11H12N2O2/c12-11(13-15)9-6-8(9)10(14)7-4-2-1-3-5-7/h1-5,8-9,15H,6H2,(H2,12,13)/t8-,9-/m0/s1. The van der Waals surface area contributed by atoms with Crippen LogP contribution in [0.4, 0.5) is 0 Å². The zero-order chi connectivity index (χ0) is 10.8. The van der Waals surface area contributed by atoms with E-state index in [0.717, 1.165) is 0 Å². The van der Waals surface area contributed by atoms with Crippen molar-refractivity contribution in [2.45, 2.75) is 6.42 Å². The summed E-state index contributed by atoms with van der Waals surface area (Å²) in [7, 11) is 0. The van der Waals surface area contributed by atoms with Gasteiger partial charge in [0.2, 0.25) is 0 Å². The molecule has 0 aromatic heterocycles. The van der Waals surface area contributed by atoms with Crippen LogP contribution in [0, 0.1) is 11.8 Å². The molecule has 1 aliphatic rings. The van der Waals surface area contributed by atoms with Gasteiger partial charge >= 0.3 is 0 Å². The fourth-order valence-electron chi connectivity index (χ4n) is 1.70. The average Bonchev–Trinajstić information content (AvgIpc) is 3.08. The summed E-state index contributed by atoms with van der Waals surface area (Å²) in [5.41, 5.74) is 6.12. The third kappa shape index (κ3) is 1.83. The lowest BCUT2D eigenvalue weighted by molar-refractivity contribution is 0.0964. The van der Waals surface area contributed by atoms with E-state index in [1.54, 1.807) is 12.1 Å². The van der Waals surface area contributed by atoms with Crippen LogP contribution in [0.1, 0.15) is 16.8 Å². The summed E-state index contributed by atoms with van der Waals surface area (Å²) in [4.78, 5) is 11.8. The molecular formula is C11H12N2O2. The molecule has 1 fully saturated rings. The Balaban J connectivity index is 2.07. The molecule has 3 N–H and O–H groups in total. The molecule has 0 radical (unpaired) electrons.